The third-order valence-corrected chi connectivity index (χ3v) is 6.62. The lowest BCUT2D eigenvalue weighted by Crippen LogP contribution is -2.41. The van der Waals surface area contributed by atoms with Crippen molar-refractivity contribution in [3.05, 3.63) is 77.6 Å². The van der Waals surface area contributed by atoms with Gasteiger partial charge in [-0.15, -0.1) is 0 Å². The Balaban J connectivity index is 1.33. The fourth-order valence-corrected chi connectivity index (χ4v) is 4.60. The average molecular weight is 433 g/mol. The van der Waals surface area contributed by atoms with Gasteiger partial charge in [0.1, 0.15) is 5.03 Å². The fourth-order valence-electron chi connectivity index (χ4n) is 3.72. The van der Waals surface area contributed by atoms with E-state index in [0.29, 0.717) is 6.54 Å². The highest BCUT2D eigenvalue weighted by Gasteiger charge is 2.27. The minimum absolute atomic E-state index is 0.0478. The van der Waals surface area contributed by atoms with Crippen LogP contribution in [0.5, 0.6) is 0 Å². The van der Waals surface area contributed by atoms with Gasteiger partial charge in [-0.2, -0.15) is 0 Å². The number of carbonyl (C=O) groups is 1. The standard InChI is InChI=1S/C25H28N4OS/c1-18-3-7-20(8-4-18)17-28-24(30)21-11-15-29(16-12-21)23-25(27-14-13-26-23)31-22-9-5-19(2)6-10-22/h3-10,13-14,21H,11-12,15-17H2,1-2H3,(H,28,30). The van der Waals surface area contributed by atoms with Gasteiger partial charge < -0.3 is 10.2 Å². The molecule has 3 aromatic rings. The van der Waals surface area contributed by atoms with Gasteiger partial charge in [0.05, 0.1) is 0 Å². The van der Waals surface area contributed by atoms with Crippen molar-refractivity contribution in [2.75, 3.05) is 18.0 Å². The highest BCUT2D eigenvalue weighted by molar-refractivity contribution is 7.99. The van der Waals surface area contributed by atoms with Crippen molar-refractivity contribution in [1.82, 2.24) is 15.3 Å². The second kappa shape index (κ2) is 9.96. The molecule has 1 N–H and O–H groups in total. The summed E-state index contributed by atoms with van der Waals surface area (Å²) in [5, 5.41) is 4.01. The second-order valence-electron chi connectivity index (χ2n) is 8.06. The predicted molar refractivity (Wildman–Crippen MR) is 125 cm³/mol. The van der Waals surface area contributed by atoms with E-state index < -0.39 is 0 Å². The molecule has 0 radical (unpaired) electrons. The molecule has 160 valence electrons. The Morgan fingerprint density at radius 3 is 2.26 bits per heavy atom. The van der Waals surface area contributed by atoms with E-state index in [2.05, 4.69) is 82.6 Å². The van der Waals surface area contributed by atoms with E-state index >= 15 is 0 Å². The molecule has 0 saturated carbocycles. The van der Waals surface area contributed by atoms with Crippen LogP contribution in [0.2, 0.25) is 0 Å². The van der Waals surface area contributed by atoms with Crippen LogP contribution in [-0.2, 0) is 11.3 Å². The SMILES string of the molecule is Cc1ccc(CNC(=O)C2CCN(c3nccnc3Sc3ccc(C)cc3)CC2)cc1. The maximum Gasteiger partial charge on any atom is 0.223 e. The van der Waals surface area contributed by atoms with Crippen LogP contribution in [-0.4, -0.2) is 29.0 Å². The summed E-state index contributed by atoms with van der Waals surface area (Å²) in [5.41, 5.74) is 3.60. The van der Waals surface area contributed by atoms with Crippen molar-refractivity contribution >= 4 is 23.5 Å². The van der Waals surface area contributed by atoms with E-state index in [0.717, 1.165) is 47.2 Å². The van der Waals surface area contributed by atoms with Crippen molar-refractivity contribution in [1.29, 1.82) is 0 Å². The minimum Gasteiger partial charge on any atom is -0.354 e. The van der Waals surface area contributed by atoms with Crippen LogP contribution >= 0.6 is 11.8 Å². The third-order valence-electron chi connectivity index (χ3n) is 5.63. The number of nitrogens with zero attached hydrogens (tertiary/aromatic N) is 3. The Hall–Kier alpha value is -2.86. The molecule has 4 rings (SSSR count). The molecule has 1 amide bonds. The quantitative estimate of drug-likeness (QED) is 0.608. The molecule has 0 unspecified atom stereocenters. The van der Waals surface area contributed by atoms with E-state index in [1.807, 2.05) is 0 Å². The summed E-state index contributed by atoms with van der Waals surface area (Å²) in [5.74, 6) is 1.10. The first kappa shape index (κ1) is 21.4. The summed E-state index contributed by atoms with van der Waals surface area (Å²) in [6, 6.07) is 16.7. The number of aryl methyl sites for hydroxylation is 2. The van der Waals surface area contributed by atoms with Crippen molar-refractivity contribution in [3.63, 3.8) is 0 Å². The maximum atomic E-state index is 12.7. The van der Waals surface area contributed by atoms with E-state index in [-0.39, 0.29) is 11.8 Å². The van der Waals surface area contributed by atoms with Crippen molar-refractivity contribution in [2.45, 2.75) is 43.2 Å². The third kappa shape index (κ3) is 5.64. The van der Waals surface area contributed by atoms with Gasteiger partial charge in [-0.05, 0) is 44.4 Å². The molecule has 5 nitrogen and oxygen atoms in total. The van der Waals surface area contributed by atoms with Gasteiger partial charge in [0.15, 0.2) is 5.82 Å². The van der Waals surface area contributed by atoms with E-state index in [1.54, 1.807) is 24.2 Å². The van der Waals surface area contributed by atoms with Gasteiger partial charge in [0, 0.05) is 42.8 Å². The van der Waals surface area contributed by atoms with E-state index in [4.69, 9.17) is 0 Å². The smallest absolute Gasteiger partial charge is 0.223 e. The number of amides is 1. The summed E-state index contributed by atoms with van der Waals surface area (Å²) in [4.78, 5) is 25.2. The molecule has 1 aliphatic heterocycles. The molecule has 31 heavy (non-hydrogen) atoms. The first-order valence-electron chi connectivity index (χ1n) is 10.7. The molecule has 1 aliphatic rings. The van der Waals surface area contributed by atoms with Crippen molar-refractivity contribution < 1.29 is 4.79 Å². The zero-order chi connectivity index (χ0) is 21.6. The largest absolute Gasteiger partial charge is 0.354 e. The Morgan fingerprint density at radius 1 is 0.968 bits per heavy atom. The monoisotopic (exact) mass is 432 g/mol. The number of hydrogen-bond donors (Lipinski definition) is 1. The average Bonchev–Trinajstić information content (AvgIpc) is 2.80. The van der Waals surface area contributed by atoms with Crippen molar-refractivity contribution in [2.24, 2.45) is 5.92 Å². The van der Waals surface area contributed by atoms with E-state index in [9.17, 15) is 4.79 Å². The molecule has 0 aliphatic carbocycles. The number of nitrogens with one attached hydrogen (secondary N) is 1. The van der Waals surface area contributed by atoms with Crippen LogP contribution in [0.15, 0.2) is 70.8 Å². The van der Waals surface area contributed by atoms with Gasteiger partial charge >= 0.3 is 0 Å². The first-order chi connectivity index (χ1) is 15.1. The van der Waals surface area contributed by atoms with Gasteiger partial charge in [0.25, 0.3) is 0 Å². The van der Waals surface area contributed by atoms with Crippen molar-refractivity contribution in [3.8, 4) is 0 Å². The van der Waals surface area contributed by atoms with Gasteiger partial charge in [-0.1, -0.05) is 59.3 Å². The number of anilines is 1. The minimum atomic E-state index is 0.0478. The molecule has 2 aromatic carbocycles. The second-order valence-corrected chi connectivity index (χ2v) is 9.13. The number of hydrogen-bond acceptors (Lipinski definition) is 5. The summed E-state index contributed by atoms with van der Waals surface area (Å²) in [6.07, 6.45) is 5.14. The summed E-state index contributed by atoms with van der Waals surface area (Å²) in [7, 11) is 0. The first-order valence-corrected chi connectivity index (χ1v) is 11.5. The Labute approximate surface area is 188 Å². The molecule has 0 bridgehead atoms. The zero-order valence-corrected chi connectivity index (χ0v) is 18.9. The molecular formula is C25H28N4OS. The lowest BCUT2D eigenvalue weighted by atomic mass is 9.96. The van der Waals surface area contributed by atoms with Gasteiger partial charge in [-0.3, -0.25) is 4.79 Å². The van der Waals surface area contributed by atoms with Gasteiger partial charge in [0.2, 0.25) is 5.91 Å². The fraction of sp³-hybridized carbons (Fsp3) is 0.320. The van der Waals surface area contributed by atoms with Crippen LogP contribution < -0.4 is 10.2 Å². The lowest BCUT2D eigenvalue weighted by Gasteiger charge is -2.32. The van der Waals surface area contributed by atoms with Crippen LogP contribution in [0, 0.1) is 19.8 Å². The molecule has 1 fully saturated rings. The summed E-state index contributed by atoms with van der Waals surface area (Å²) in [6.45, 7) is 6.35. The molecule has 0 atom stereocenters. The molecule has 1 aromatic heterocycles. The van der Waals surface area contributed by atoms with Crippen LogP contribution in [0.1, 0.15) is 29.5 Å². The summed E-state index contributed by atoms with van der Waals surface area (Å²) >= 11 is 1.64. The zero-order valence-electron chi connectivity index (χ0n) is 18.0. The van der Waals surface area contributed by atoms with E-state index in [1.165, 1.54) is 11.1 Å². The van der Waals surface area contributed by atoms with Crippen LogP contribution in [0.25, 0.3) is 0 Å². The molecule has 6 heteroatoms. The Kier molecular flexibility index (Phi) is 6.87. The topological polar surface area (TPSA) is 58.1 Å². The molecular weight excluding hydrogens is 404 g/mol. The molecule has 1 saturated heterocycles. The number of piperidine rings is 1. The number of rotatable bonds is 6. The van der Waals surface area contributed by atoms with Crippen LogP contribution in [0.4, 0.5) is 5.82 Å². The number of carbonyl (C=O) groups excluding carboxylic acids is 1. The Morgan fingerprint density at radius 2 is 1.58 bits per heavy atom. The highest BCUT2D eigenvalue weighted by Crippen LogP contribution is 2.34. The number of benzene rings is 2. The highest BCUT2D eigenvalue weighted by atomic mass is 32.2. The lowest BCUT2D eigenvalue weighted by molar-refractivity contribution is -0.125. The molecule has 2 heterocycles. The molecule has 0 spiro atoms. The predicted octanol–water partition coefficient (Wildman–Crippen LogP) is 4.78. The number of aromatic nitrogens is 2. The normalized spacial score (nSPS) is 14.5. The maximum absolute atomic E-state index is 12.7. The van der Waals surface area contributed by atoms with Crippen LogP contribution in [0.3, 0.4) is 0 Å². The van der Waals surface area contributed by atoms with Gasteiger partial charge in [-0.25, -0.2) is 9.97 Å². The Bertz CT molecular complexity index is 1010. The summed E-state index contributed by atoms with van der Waals surface area (Å²) < 4.78 is 0.